The quantitative estimate of drug-likeness (QED) is 0.469. The number of hydrogen-bond donors (Lipinski definition) is 2. The Morgan fingerprint density at radius 2 is 2.22 bits per heavy atom. The number of phenols is 1. The number of alkyl halides is 1. The van der Waals surface area contributed by atoms with Crippen molar-refractivity contribution < 1.29 is 19.4 Å². The molecule has 0 aromatic heterocycles. The Morgan fingerprint density at radius 1 is 1.56 bits per heavy atom. The summed E-state index contributed by atoms with van der Waals surface area (Å²) in [5, 5.41) is 11.0. The van der Waals surface area contributed by atoms with Gasteiger partial charge in [0.2, 0.25) is 0 Å². The van der Waals surface area contributed by atoms with Gasteiger partial charge in [-0.1, -0.05) is 0 Å². The highest BCUT2D eigenvalue weighted by Gasteiger charge is 2.17. The molecular formula is C11H11ClINO4. The molecule has 2 N–H and O–H groups in total. The standard InChI is InChI=1S/C11H11ClINO4/c1-18-11(17)7(12)5-14-10(16)6-2-3-8(13)9(15)4-6/h2-4,7,15H,5H2,1H3,(H,14,16). The number of nitrogens with one attached hydrogen (secondary N) is 1. The van der Waals surface area contributed by atoms with Crippen LogP contribution in [0.5, 0.6) is 5.75 Å². The average Bonchev–Trinajstić information content (AvgIpc) is 2.37. The molecule has 1 aromatic carbocycles. The van der Waals surface area contributed by atoms with Crippen molar-refractivity contribution in [2.75, 3.05) is 13.7 Å². The minimum absolute atomic E-state index is 0.0265. The average molecular weight is 384 g/mol. The van der Waals surface area contributed by atoms with E-state index in [1.165, 1.54) is 13.2 Å². The van der Waals surface area contributed by atoms with E-state index in [1.54, 1.807) is 12.1 Å². The lowest BCUT2D eigenvalue weighted by atomic mass is 10.2. The summed E-state index contributed by atoms with van der Waals surface area (Å²) in [6, 6.07) is 4.53. The van der Waals surface area contributed by atoms with Gasteiger partial charge in [0.05, 0.1) is 10.7 Å². The van der Waals surface area contributed by atoms with Gasteiger partial charge < -0.3 is 15.2 Å². The zero-order valence-corrected chi connectivity index (χ0v) is 12.4. The number of esters is 1. The fourth-order valence-corrected chi connectivity index (χ4v) is 1.65. The van der Waals surface area contributed by atoms with Gasteiger partial charge in [0.1, 0.15) is 11.1 Å². The molecule has 1 unspecified atom stereocenters. The lowest BCUT2D eigenvalue weighted by Gasteiger charge is -2.09. The number of hydrogen-bond acceptors (Lipinski definition) is 4. The number of amides is 1. The second kappa shape index (κ2) is 6.79. The van der Waals surface area contributed by atoms with Crippen LogP contribution in [0.2, 0.25) is 0 Å². The zero-order valence-electron chi connectivity index (χ0n) is 9.44. The molecule has 0 saturated carbocycles. The highest BCUT2D eigenvalue weighted by Crippen LogP contribution is 2.20. The van der Waals surface area contributed by atoms with Crippen molar-refractivity contribution >= 4 is 46.1 Å². The molecule has 1 amide bonds. The van der Waals surface area contributed by atoms with Crippen molar-refractivity contribution in [3.05, 3.63) is 27.3 Å². The predicted molar refractivity (Wildman–Crippen MR) is 74.8 cm³/mol. The number of aromatic hydroxyl groups is 1. The van der Waals surface area contributed by atoms with Gasteiger partial charge in [-0.3, -0.25) is 9.59 Å². The largest absolute Gasteiger partial charge is 0.507 e. The van der Waals surface area contributed by atoms with E-state index in [2.05, 4.69) is 10.1 Å². The van der Waals surface area contributed by atoms with Crippen molar-refractivity contribution in [3.63, 3.8) is 0 Å². The molecule has 1 rings (SSSR count). The van der Waals surface area contributed by atoms with Crippen LogP contribution in [-0.2, 0) is 9.53 Å². The van der Waals surface area contributed by atoms with Crippen LogP contribution in [0.1, 0.15) is 10.4 Å². The fourth-order valence-electron chi connectivity index (χ4n) is 1.15. The summed E-state index contributed by atoms with van der Waals surface area (Å²) >= 11 is 7.63. The number of phenolic OH excluding ortho intramolecular Hbond substituents is 1. The first-order chi connectivity index (χ1) is 8.45. The van der Waals surface area contributed by atoms with Crippen molar-refractivity contribution in [1.82, 2.24) is 5.32 Å². The van der Waals surface area contributed by atoms with Crippen LogP contribution < -0.4 is 5.32 Å². The molecule has 18 heavy (non-hydrogen) atoms. The maximum absolute atomic E-state index is 11.7. The first kappa shape index (κ1) is 15.0. The highest BCUT2D eigenvalue weighted by molar-refractivity contribution is 14.1. The molecule has 0 aliphatic carbocycles. The first-order valence-electron chi connectivity index (χ1n) is 4.94. The number of rotatable bonds is 4. The van der Waals surface area contributed by atoms with Crippen LogP contribution in [-0.4, -0.2) is 36.0 Å². The lowest BCUT2D eigenvalue weighted by Crippen LogP contribution is -2.34. The number of halogens is 2. The van der Waals surface area contributed by atoms with E-state index in [0.717, 1.165) is 0 Å². The van der Waals surface area contributed by atoms with E-state index < -0.39 is 17.3 Å². The highest BCUT2D eigenvalue weighted by atomic mass is 127. The van der Waals surface area contributed by atoms with Crippen molar-refractivity contribution in [2.45, 2.75) is 5.38 Å². The normalized spacial score (nSPS) is 11.7. The van der Waals surface area contributed by atoms with Crippen LogP contribution in [0.4, 0.5) is 0 Å². The van der Waals surface area contributed by atoms with Crippen LogP contribution >= 0.6 is 34.2 Å². The third-order valence-corrected chi connectivity index (χ3v) is 3.35. The van der Waals surface area contributed by atoms with Crippen molar-refractivity contribution in [3.8, 4) is 5.75 Å². The molecule has 0 radical (unpaired) electrons. The Labute approximate surface area is 123 Å². The third kappa shape index (κ3) is 4.02. The van der Waals surface area contributed by atoms with E-state index in [1.807, 2.05) is 22.6 Å². The molecule has 0 fully saturated rings. The Kier molecular flexibility index (Phi) is 5.67. The van der Waals surface area contributed by atoms with E-state index in [0.29, 0.717) is 9.13 Å². The van der Waals surface area contributed by atoms with E-state index in [-0.39, 0.29) is 12.3 Å². The van der Waals surface area contributed by atoms with Crippen LogP contribution in [0.15, 0.2) is 18.2 Å². The van der Waals surface area contributed by atoms with Gasteiger partial charge in [0.15, 0.2) is 0 Å². The molecule has 0 saturated heterocycles. The zero-order chi connectivity index (χ0) is 13.7. The molecule has 0 heterocycles. The molecule has 0 bridgehead atoms. The molecular weight excluding hydrogens is 372 g/mol. The van der Waals surface area contributed by atoms with Crippen LogP contribution in [0, 0.1) is 3.57 Å². The molecule has 1 atom stereocenters. The maximum Gasteiger partial charge on any atom is 0.325 e. The summed E-state index contributed by atoms with van der Waals surface area (Å²) in [6.07, 6.45) is 0. The molecule has 98 valence electrons. The van der Waals surface area contributed by atoms with Gasteiger partial charge >= 0.3 is 5.97 Å². The molecule has 1 aromatic rings. The van der Waals surface area contributed by atoms with E-state index in [4.69, 9.17) is 11.6 Å². The van der Waals surface area contributed by atoms with Crippen molar-refractivity contribution in [1.29, 1.82) is 0 Å². The minimum atomic E-state index is -0.934. The van der Waals surface area contributed by atoms with Gasteiger partial charge in [-0.25, -0.2) is 0 Å². The molecule has 0 spiro atoms. The lowest BCUT2D eigenvalue weighted by molar-refractivity contribution is -0.140. The Balaban J connectivity index is 2.60. The number of carbonyl (C=O) groups is 2. The first-order valence-corrected chi connectivity index (χ1v) is 6.46. The summed E-state index contributed by atoms with van der Waals surface area (Å²) in [4.78, 5) is 22.7. The monoisotopic (exact) mass is 383 g/mol. The second-order valence-corrected chi connectivity index (χ2v) is 5.06. The topological polar surface area (TPSA) is 75.6 Å². The summed E-state index contributed by atoms with van der Waals surface area (Å²) in [6.45, 7) is -0.0419. The maximum atomic E-state index is 11.7. The number of carbonyl (C=O) groups excluding carboxylic acids is 2. The third-order valence-electron chi connectivity index (χ3n) is 2.11. The molecule has 5 nitrogen and oxygen atoms in total. The summed E-state index contributed by atoms with van der Waals surface area (Å²) in [5.74, 6) is -1.00. The van der Waals surface area contributed by atoms with E-state index >= 15 is 0 Å². The summed E-state index contributed by atoms with van der Waals surface area (Å²) in [5.41, 5.74) is 0.293. The molecule has 7 heteroatoms. The van der Waals surface area contributed by atoms with Crippen LogP contribution in [0.25, 0.3) is 0 Å². The second-order valence-electron chi connectivity index (χ2n) is 3.37. The van der Waals surface area contributed by atoms with Gasteiger partial charge in [-0.05, 0) is 40.8 Å². The van der Waals surface area contributed by atoms with E-state index in [9.17, 15) is 14.7 Å². The van der Waals surface area contributed by atoms with Crippen LogP contribution in [0.3, 0.4) is 0 Å². The Bertz CT molecular complexity index is 466. The number of ether oxygens (including phenoxy) is 1. The molecule has 0 aliphatic rings. The van der Waals surface area contributed by atoms with Crippen molar-refractivity contribution in [2.24, 2.45) is 0 Å². The van der Waals surface area contributed by atoms with Gasteiger partial charge in [0, 0.05) is 12.1 Å². The SMILES string of the molecule is COC(=O)C(Cl)CNC(=O)c1ccc(I)c(O)c1. The Hall–Kier alpha value is -1.02. The Morgan fingerprint density at radius 3 is 2.78 bits per heavy atom. The number of benzene rings is 1. The molecule has 0 aliphatic heterocycles. The predicted octanol–water partition coefficient (Wildman–Crippen LogP) is 1.51. The fraction of sp³-hybridized carbons (Fsp3) is 0.273. The summed E-state index contributed by atoms with van der Waals surface area (Å²) < 4.78 is 5.07. The number of methoxy groups -OCH3 is 1. The smallest absolute Gasteiger partial charge is 0.325 e. The van der Waals surface area contributed by atoms with Gasteiger partial charge in [-0.15, -0.1) is 11.6 Å². The van der Waals surface area contributed by atoms with Gasteiger partial charge in [-0.2, -0.15) is 0 Å². The minimum Gasteiger partial charge on any atom is -0.507 e. The van der Waals surface area contributed by atoms with Gasteiger partial charge in [0.25, 0.3) is 5.91 Å². The summed E-state index contributed by atoms with van der Waals surface area (Å²) in [7, 11) is 1.22.